The number of benzene rings is 7. The van der Waals surface area contributed by atoms with Crippen molar-refractivity contribution in [1.82, 2.24) is 42.1 Å². The molecule has 0 aliphatic carbocycles. The number of hydrogen-bond donors (Lipinski definition) is 19. The molecule has 0 aromatic heterocycles. The lowest BCUT2D eigenvalue weighted by atomic mass is 9.86. The first-order chi connectivity index (χ1) is 58.8. The molecule has 36 nitrogen and oxygen atoms in total. The van der Waals surface area contributed by atoms with Crippen LogP contribution in [0.4, 0.5) is 0 Å². The number of hydrogen-bond acceptors (Lipinski definition) is 28. The summed E-state index contributed by atoms with van der Waals surface area (Å²) in [6.45, 7) is 8.64. The fourth-order valence-corrected chi connectivity index (χ4v) is 16.4. The van der Waals surface area contributed by atoms with E-state index in [9.17, 15) is 55.5 Å². The molecule has 8 heterocycles. The van der Waals surface area contributed by atoms with E-state index >= 15 is 28.8 Å². The monoisotopic (exact) mass is 1740 g/mol. The number of ether oxygens (including phenoxy) is 8. The van der Waals surface area contributed by atoms with E-state index in [4.69, 9.17) is 66.7 Å². The van der Waals surface area contributed by atoms with E-state index in [-0.39, 0.29) is 76.1 Å². The largest absolute Gasteiger partial charge is 0.508 e. The summed E-state index contributed by atoms with van der Waals surface area (Å²) in [7, 11) is 2.91. The fourth-order valence-electron chi connectivity index (χ4n) is 16.2. The van der Waals surface area contributed by atoms with Crippen molar-refractivity contribution in [3.05, 3.63) is 178 Å². The second-order valence-corrected chi connectivity index (χ2v) is 33.5. The van der Waals surface area contributed by atoms with Gasteiger partial charge in [0, 0.05) is 54.7 Å². The Bertz CT molecular complexity index is 5150. The SMILES string of the molecule is CN[C@H](CC(C)C)C(=O)N[C@H]1C(=O)N[C@@H](CC(N)=O)C(=O)N[C@H]2C(=O)N[C@H]3C(=O)N[C@H](C(=O)N[C@H](C(=O)N(C)Cc4ccc(-c5ccccc5)cc4)c4cc(O)cc(O)c4-c4cc3ccc4O)[C@H](O[C@H]3C[C@](C)(N)[C@@H](O)[C@H](C)O3)c3ccc(cc3)Oc3cc2cc(c3O[C@@H]2O[C@H](CO)[C@@H](O)[C@H](O)[C@H]2O[C@H]2C[C@](C)(N)[C@@H](O)[C@H](C)O2)Oc2ccc(cc2Cl)[C@H]1O. The van der Waals surface area contributed by atoms with Crippen LogP contribution in [-0.2, 0) is 68.6 Å². The number of nitrogens with one attached hydrogen (secondary N) is 7. The fraction of sp³-hybridized carbons (Fsp3) is 0.425. The van der Waals surface area contributed by atoms with Gasteiger partial charge in [-0.1, -0.05) is 104 Å². The van der Waals surface area contributed by atoms with Gasteiger partial charge in [-0.2, -0.15) is 0 Å². The van der Waals surface area contributed by atoms with Crippen molar-refractivity contribution in [3.8, 4) is 68.2 Å². The molecule has 0 spiro atoms. The van der Waals surface area contributed by atoms with Crippen molar-refractivity contribution >= 4 is 58.9 Å². The van der Waals surface area contributed by atoms with Gasteiger partial charge in [0.05, 0.1) is 48.5 Å². The number of primary amides is 1. The van der Waals surface area contributed by atoms with Crippen LogP contribution in [0.3, 0.4) is 0 Å². The molecule has 8 aliphatic heterocycles. The Balaban J connectivity index is 1.04. The van der Waals surface area contributed by atoms with Gasteiger partial charge in [0.1, 0.15) is 95.5 Å². The van der Waals surface area contributed by atoms with Crippen LogP contribution >= 0.6 is 11.6 Å². The normalized spacial score (nSPS) is 29.9. The predicted octanol–water partition coefficient (Wildman–Crippen LogP) is 2.93. The van der Waals surface area contributed by atoms with Crippen molar-refractivity contribution < 1.29 is 122 Å². The van der Waals surface area contributed by atoms with Crippen molar-refractivity contribution in [3.63, 3.8) is 0 Å². The van der Waals surface area contributed by atoms with E-state index in [1.165, 1.54) is 83.1 Å². The number of fused-ring (bicyclic) bond motifs is 15. The van der Waals surface area contributed by atoms with Gasteiger partial charge in [-0.25, -0.2) is 0 Å². The average molecular weight is 1740 g/mol. The summed E-state index contributed by atoms with van der Waals surface area (Å²) in [4.78, 5) is 125. The zero-order valence-electron chi connectivity index (χ0n) is 68.8. The molecule has 662 valence electrons. The number of aliphatic hydroxyl groups is 6. The molecule has 7 aromatic rings. The number of aliphatic hydroxyl groups excluding tert-OH is 6. The standard InChI is InChI=1S/C87H102ClN11O25/c1-38(2)26-53(92-7)78(110)97-68-70(105)46-21-25-57(52(88)28-46)120-59-30-47-29-58(74(59)124-85-75(72(107)71(106)60(37-100)121-85)123-63-35-87(6,91)77(109)40(4)118-63)119-49-22-18-44(19-23-49)73(122-62-34-86(5,90)76(108)39(3)117-62)69-83(115)96-67(84(116)99(8)36-41-14-16-43(17-15-41)42-12-10-9-11-13-42)51-31-48(101)32-56(103)64(51)50-27-45(20-24-55(50)102)65(80(112)98-69)95-81(113)66(47)94-79(111)54(33-61(89)104)93-82(68)114/h9-25,27-32,38-40,53-54,60,62-63,65-73,75-77,85,92,100-103,105-109H,26,33-37,90-91H2,1-8H3,(H2,89,104)(H,93,114)(H,94,111)(H,95,113)(H,96,115)(H,97,110)(H,98,112)/t39-,40-,53+,54-,60+,62-,63-,65+,66+,67-,68+,69-,70+,71+,72-,73+,75+,76-,77-,85-,86-,87-/m0/s1. The summed E-state index contributed by atoms with van der Waals surface area (Å²) >= 11 is 7.20. The molecule has 8 aliphatic rings. The third-order valence-electron chi connectivity index (χ3n) is 22.9. The van der Waals surface area contributed by atoms with Crippen LogP contribution in [0.15, 0.2) is 140 Å². The van der Waals surface area contributed by atoms with Gasteiger partial charge in [-0.15, -0.1) is 0 Å². The summed E-state index contributed by atoms with van der Waals surface area (Å²) in [6, 6.07) is 19.4. The molecule has 0 unspecified atom stereocenters. The minimum atomic E-state index is -2.34. The Morgan fingerprint density at radius 3 is 1.87 bits per heavy atom. The first-order valence-corrected chi connectivity index (χ1v) is 40.7. The van der Waals surface area contributed by atoms with Crippen LogP contribution in [0.2, 0.25) is 5.02 Å². The zero-order chi connectivity index (χ0) is 89.4. The number of carbonyl (C=O) groups excluding carboxylic acids is 8. The van der Waals surface area contributed by atoms with Crippen LogP contribution in [0.1, 0.15) is 131 Å². The number of likely N-dealkylation sites (N-methyl/N-ethyl adjacent to an activating group) is 2. The topological polar surface area (TPSA) is 558 Å². The molecule has 11 bridgehead atoms. The summed E-state index contributed by atoms with van der Waals surface area (Å²) in [5.41, 5.74) is 16.7. The van der Waals surface area contributed by atoms with E-state index in [1.807, 2.05) is 56.3 Å². The number of carbonyl (C=O) groups is 8. The van der Waals surface area contributed by atoms with Crippen LogP contribution in [-0.4, -0.2) is 222 Å². The molecule has 8 amide bonds. The number of rotatable bonds is 18. The maximum atomic E-state index is 16.6. The summed E-state index contributed by atoms with van der Waals surface area (Å²) in [5, 5.41) is 124. The van der Waals surface area contributed by atoms with Crippen LogP contribution < -0.4 is 68.6 Å². The van der Waals surface area contributed by atoms with E-state index in [0.29, 0.717) is 5.56 Å². The molecule has 15 rings (SSSR count). The molecule has 22 atom stereocenters. The molecule has 3 fully saturated rings. The van der Waals surface area contributed by atoms with E-state index < -0.39 is 239 Å². The van der Waals surface area contributed by atoms with E-state index in [1.54, 1.807) is 12.1 Å². The number of halogens is 1. The Labute approximate surface area is 716 Å². The molecule has 3 saturated heterocycles. The Hall–Kier alpha value is -11.2. The minimum absolute atomic E-state index is 0.00162. The number of phenolic OH excluding ortho intramolecular Hbond substituents is 3. The quantitative estimate of drug-likeness (QED) is 0.0587. The van der Waals surface area contributed by atoms with Crippen LogP contribution in [0, 0.1) is 5.92 Å². The van der Waals surface area contributed by atoms with Crippen molar-refractivity contribution in [2.45, 2.75) is 207 Å². The number of phenols is 3. The second-order valence-electron chi connectivity index (χ2n) is 33.0. The zero-order valence-corrected chi connectivity index (χ0v) is 69.5. The van der Waals surface area contributed by atoms with Crippen molar-refractivity contribution in [2.75, 3.05) is 20.7 Å². The number of amides is 8. The van der Waals surface area contributed by atoms with E-state index in [0.717, 1.165) is 59.7 Å². The first kappa shape index (κ1) is 90.6. The maximum absolute atomic E-state index is 16.6. The molecule has 124 heavy (non-hydrogen) atoms. The molecule has 0 radical (unpaired) electrons. The van der Waals surface area contributed by atoms with Crippen LogP contribution in [0.5, 0.6) is 46.0 Å². The lowest BCUT2D eigenvalue weighted by Crippen LogP contribution is -2.64. The molecule has 7 aromatic carbocycles. The third-order valence-corrected chi connectivity index (χ3v) is 23.2. The molecule has 37 heteroatoms. The van der Waals surface area contributed by atoms with Crippen molar-refractivity contribution in [1.29, 1.82) is 0 Å². The third kappa shape index (κ3) is 19.7. The molecular formula is C87H102ClN11O25. The second kappa shape index (κ2) is 37.3. The minimum Gasteiger partial charge on any atom is -0.508 e. The Kier molecular flexibility index (Phi) is 27.3. The van der Waals surface area contributed by atoms with Gasteiger partial charge in [-0.05, 0) is 146 Å². The molecular weight excluding hydrogens is 1630 g/mol. The Morgan fingerprint density at radius 2 is 1.25 bits per heavy atom. The lowest BCUT2D eigenvalue weighted by molar-refractivity contribution is -0.333. The van der Waals surface area contributed by atoms with Crippen LogP contribution in [0.25, 0.3) is 22.3 Å². The molecule has 0 saturated carbocycles. The number of aromatic hydroxyl groups is 3. The van der Waals surface area contributed by atoms with Gasteiger partial charge in [0.2, 0.25) is 59.3 Å². The Morgan fingerprint density at radius 1 is 0.645 bits per heavy atom. The highest BCUT2D eigenvalue weighted by Gasteiger charge is 2.53. The summed E-state index contributed by atoms with van der Waals surface area (Å²) < 4.78 is 52.5. The van der Waals surface area contributed by atoms with E-state index in [2.05, 4.69) is 37.2 Å². The average Bonchev–Trinajstić information content (AvgIpc) is 0.761. The van der Waals surface area contributed by atoms with Gasteiger partial charge in [0.15, 0.2) is 30.2 Å². The number of nitrogens with two attached hydrogens (primary N) is 3. The highest BCUT2D eigenvalue weighted by molar-refractivity contribution is 6.32. The lowest BCUT2D eigenvalue weighted by Gasteiger charge is -2.47. The number of nitrogens with zero attached hydrogens (tertiary/aromatic N) is 1. The first-order valence-electron chi connectivity index (χ1n) is 40.3. The summed E-state index contributed by atoms with van der Waals surface area (Å²) in [6.07, 6.45) is -22.3. The van der Waals surface area contributed by atoms with Gasteiger partial charge in [-0.3, -0.25) is 38.4 Å². The van der Waals surface area contributed by atoms with Gasteiger partial charge in [0.25, 0.3) is 0 Å². The van der Waals surface area contributed by atoms with Gasteiger partial charge >= 0.3 is 0 Å². The predicted molar refractivity (Wildman–Crippen MR) is 441 cm³/mol. The highest BCUT2D eigenvalue weighted by Crippen LogP contribution is 2.50. The molecule has 22 N–H and O–H groups in total. The highest BCUT2D eigenvalue weighted by atomic mass is 35.5. The summed E-state index contributed by atoms with van der Waals surface area (Å²) in [5.74, 6) is -14.1. The maximum Gasteiger partial charge on any atom is 0.249 e. The van der Waals surface area contributed by atoms with Crippen molar-refractivity contribution in [2.24, 2.45) is 23.1 Å². The smallest absolute Gasteiger partial charge is 0.249 e. The van der Waals surface area contributed by atoms with Gasteiger partial charge < -0.3 is 143 Å².